The van der Waals surface area contributed by atoms with E-state index in [4.69, 9.17) is 4.52 Å². The van der Waals surface area contributed by atoms with Crippen LogP contribution in [0.5, 0.6) is 0 Å². The van der Waals surface area contributed by atoms with Crippen LogP contribution in [0.4, 0.5) is 5.82 Å². The van der Waals surface area contributed by atoms with Crippen LogP contribution in [0.1, 0.15) is 48.0 Å². The van der Waals surface area contributed by atoms with Gasteiger partial charge in [-0.2, -0.15) is 0 Å². The van der Waals surface area contributed by atoms with E-state index in [9.17, 15) is 4.79 Å². The quantitative estimate of drug-likeness (QED) is 0.794. The van der Waals surface area contributed by atoms with Gasteiger partial charge in [-0.05, 0) is 43.2 Å². The number of pyridine rings is 1. The van der Waals surface area contributed by atoms with Gasteiger partial charge in [-0.3, -0.25) is 4.79 Å². The standard InChI is InChI=1S/C21H26N4O2/c1-2-5-18-10-19(27-24-18)12-23-21(26)15-8-9-20(22-11-15)25-13-16-6-3-4-7-17(16)14-25/h3-4,8-11,16-17H,2,5-7,12-14H2,1H3,(H,23,26)/t16-,17+. The van der Waals surface area contributed by atoms with E-state index in [1.54, 1.807) is 6.20 Å². The van der Waals surface area contributed by atoms with Gasteiger partial charge in [0.15, 0.2) is 5.76 Å². The Morgan fingerprint density at radius 2 is 2.04 bits per heavy atom. The molecule has 6 heteroatoms. The fraction of sp³-hybridized carbons (Fsp3) is 0.476. The van der Waals surface area contributed by atoms with Crippen LogP contribution in [0.2, 0.25) is 0 Å². The first-order valence-corrected chi connectivity index (χ1v) is 9.81. The summed E-state index contributed by atoms with van der Waals surface area (Å²) in [5.74, 6) is 2.95. The van der Waals surface area contributed by atoms with Gasteiger partial charge in [0.05, 0.1) is 17.8 Å². The smallest absolute Gasteiger partial charge is 0.253 e. The Morgan fingerprint density at radius 3 is 2.70 bits per heavy atom. The van der Waals surface area contributed by atoms with E-state index in [-0.39, 0.29) is 5.91 Å². The van der Waals surface area contributed by atoms with Crippen LogP contribution in [-0.2, 0) is 13.0 Å². The van der Waals surface area contributed by atoms with Gasteiger partial charge in [0.1, 0.15) is 5.82 Å². The van der Waals surface area contributed by atoms with Crippen molar-refractivity contribution in [1.82, 2.24) is 15.5 Å². The van der Waals surface area contributed by atoms with Gasteiger partial charge in [0, 0.05) is 25.4 Å². The zero-order chi connectivity index (χ0) is 18.6. The Bertz CT molecular complexity index is 796. The molecule has 27 heavy (non-hydrogen) atoms. The molecule has 1 fully saturated rings. The lowest BCUT2D eigenvalue weighted by Crippen LogP contribution is -2.24. The highest BCUT2D eigenvalue weighted by atomic mass is 16.5. The average molecular weight is 366 g/mol. The van der Waals surface area contributed by atoms with Crippen LogP contribution < -0.4 is 10.2 Å². The third-order valence-electron chi connectivity index (χ3n) is 5.49. The molecule has 1 saturated heterocycles. The predicted molar refractivity (Wildman–Crippen MR) is 103 cm³/mol. The molecule has 1 aliphatic heterocycles. The highest BCUT2D eigenvalue weighted by molar-refractivity contribution is 5.93. The first-order valence-electron chi connectivity index (χ1n) is 9.81. The van der Waals surface area contributed by atoms with Gasteiger partial charge in [-0.15, -0.1) is 0 Å². The second-order valence-electron chi connectivity index (χ2n) is 7.49. The fourth-order valence-corrected chi connectivity index (χ4v) is 3.99. The van der Waals surface area contributed by atoms with Gasteiger partial charge < -0.3 is 14.7 Å². The molecule has 3 heterocycles. The number of anilines is 1. The molecule has 142 valence electrons. The number of amides is 1. The molecule has 1 N–H and O–H groups in total. The maximum absolute atomic E-state index is 12.4. The molecule has 1 aliphatic carbocycles. The summed E-state index contributed by atoms with van der Waals surface area (Å²) in [6.45, 7) is 4.54. The number of carbonyl (C=O) groups excluding carboxylic acids is 1. The lowest BCUT2D eigenvalue weighted by atomic mass is 9.86. The number of nitrogens with zero attached hydrogens (tertiary/aromatic N) is 3. The molecule has 0 bridgehead atoms. The third kappa shape index (κ3) is 4.04. The summed E-state index contributed by atoms with van der Waals surface area (Å²) in [7, 11) is 0. The minimum absolute atomic E-state index is 0.151. The van der Waals surface area contributed by atoms with Gasteiger partial charge in [-0.25, -0.2) is 4.98 Å². The number of allylic oxidation sites excluding steroid dienone is 2. The number of rotatable bonds is 6. The van der Waals surface area contributed by atoms with Crippen LogP contribution in [-0.4, -0.2) is 29.1 Å². The van der Waals surface area contributed by atoms with Crippen LogP contribution in [0.25, 0.3) is 0 Å². The zero-order valence-electron chi connectivity index (χ0n) is 15.7. The Labute approximate surface area is 159 Å². The summed E-state index contributed by atoms with van der Waals surface area (Å²) in [4.78, 5) is 19.2. The number of fused-ring (bicyclic) bond motifs is 1. The SMILES string of the molecule is CCCc1cc(CNC(=O)c2ccc(N3C[C@H]4CC=CC[C@H]4C3)nc2)on1. The molecule has 2 aromatic rings. The van der Waals surface area contributed by atoms with Crippen LogP contribution in [0, 0.1) is 11.8 Å². The first-order chi connectivity index (χ1) is 13.2. The van der Waals surface area contributed by atoms with Gasteiger partial charge in [0.2, 0.25) is 0 Å². The minimum Gasteiger partial charge on any atom is -0.359 e. The first kappa shape index (κ1) is 17.8. The molecule has 1 amide bonds. The van der Waals surface area contributed by atoms with E-state index in [1.165, 1.54) is 12.8 Å². The highest BCUT2D eigenvalue weighted by Crippen LogP contribution is 2.34. The summed E-state index contributed by atoms with van der Waals surface area (Å²) >= 11 is 0. The van der Waals surface area contributed by atoms with Crippen molar-refractivity contribution < 1.29 is 9.32 Å². The van der Waals surface area contributed by atoms with Crippen molar-refractivity contribution in [2.75, 3.05) is 18.0 Å². The number of nitrogens with one attached hydrogen (secondary N) is 1. The summed E-state index contributed by atoms with van der Waals surface area (Å²) in [5.41, 5.74) is 1.49. The van der Waals surface area contributed by atoms with E-state index >= 15 is 0 Å². The summed E-state index contributed by atoms with van der Waals surface area (Å²) in [5, 5.41) is 6.86. The van der Waals surface area contributed by atoms with E-state index in [0.717, 1.165) is 49.3 Å². The Kier molecular flexibility index (Phi) is 5.23. The lowest BCUT2D eigenvalue weighted by Gasteiger charge is -2.17. The molecule has 2 aliphatic rings. The number of hydrogen-bond donors (Lipinski definition) is 1. The second-order valence-corrected chi connectivity index (χ2v) is 7.49. The molecule has 0 radical (unpaired) electrons. The van der Waals surface area contributed by atoms with Crippen molar-refractivity contribution in [1.29, 1.82) is 0 Å². The molecule has 2 atom stereocenters. The average Bonchev–Trinajstić information content (AvgIpc) is 3.33. The summed E-state index contributed by atoms with van der Waals surface area (Å²) in [6.07, 6.45) is 10.5. The van der Waals surface area contributed by atoms with Crippen molar-refractivity contribution >= 4 is 11.7 Å². The highest BCUT2D eigenvalue weighted by Gasteiger charge is 2.33. The number of aryl methyl sites for hydroxylation is 1. The maximum atomic E-state index is 12.4. The number of carbonyl (C=O) groups is 1. The maximum Gasteiger partial charge on any atom is 0.253 e. The molecular formula is C21H26N4O2. The summed E-state index contributed by atoms with van der Waals surface area (Å²) < 4.78 is 5.24. The summed E-state index contributed by atoms with van der Waals surface area (Å²) in [6, 6.07) is 5.70. The van der Waals surface area contributed by atoms with Crippen molar-refractivity contribution in [3.63, 3.8) is 0 Å². The predicted octanol–water partition coefficient (Wildman–Crippen LogP) is 3.35. The molecule has 0 unspecified atom stereocenters. The number of aromatic nitrogens is 2. The number of hydrogen-bond acceptors (Lipinski definition) is 5. The topological polar surface area (TPSA) is 71.3 Å². The van der Waals surface area contributed by atoms with Crippen LogP contribution in [0.3, 0.4) is 0 Å². The molecule has 0 spiro atoms. The van der Waals surface area contributed by atoms with Crippen molar-refractivity contribution in [3.8, 4) is 0 Å². The molecule has 0 aromatic carbocycles. The Morgan fingerprint density at radius 1 is 1.26 bits per heavy atom. The molecule has 6 nitrogen and oxygen atoms in total. The normalized spacial score (nSPS) is 21.3. The molecule has 2 aromatic heterocycles. The molecule has 4 rings (SSSR count). The van der Waals surface area contributed by atoms with Gasteiger partial charge in [-0.1, -0.05) is 30.7 Å². The van der Waals surface area contributed by atoms with Gasteiger partial charge >= 0.3 is 0 Å². The van der Waals surface area contributed by atoms with E-state index in [2.05, 4.69) is 39.4 Å². The minimum atomic E-state index is -0.151. The van der Waals surface area contributed by atoms with Crippen molar-refractivity contribution in [2.24, 2.45) is 11.8 Å². The molecule has 0 saturated carbocycles. The van der Waals surface area contributed by atoms with Crippen LogP contribution in [0.15, 0.2) is 41.1 Å². The second kappa shape index (κ2) is 7.94. The van der Waals surface area contributed by atoms with E-state index < -0.39 is 0 Å². The van der Waals surface area contributed by atoms with Crippen molar-refractivity contribution in [2.45, 2.75) is 39.2 Å². The van der Waals surface area contributed by atoms with Crippen LogP contribution >= 0.6 is 0 Å². The zero-order valence-corrected chi connectivity index (χ0v) is 15.7. The fourth-order valence-electron chi connectivity index (χ4n) is 3.99. The monoisotopic (exact) mass is 366 g/mol. The largest absolute Gasteiger partial charge is 0.359 e. The lowest BCUT2D eigenvalue weighted by molar-refractivity contribution is 0.0946. The van der Waals surface area contributed by atoms with Crippen molar-refractivity contribution in [3.05, 3.63) is 53.6 Å². The molecular weight excluding hydrogens is 340 g/mol. The third-order valence-corrected chi connectivity index (χ3v) is 5.49. The van der Waals surface area contributed by atoms with E-state index in [0.29, 0.717) is 17.9 Å². The Balaban J connectivity index is 1.32. The van der Waals surface area contributed by atoms with Gasteiger partial charge in [0.25, 0.3) is 5.91 Å². The Hall–Kier alpha value is -2.63. The van der Waals surface area contributed by atoms with E-state index in [1.807, 2.05) is 18.2 Å².